The maximum atomic E-state index is 11.5. The lowest BCUT2D eigenvalue weighted by Crippen LogP contribution is -2.08. The molecule has 58 valence electrons. The molecule has 0 aromatic heterocycles. The van der Waals surface area contributed by atoms with Crippen molar-refractivity contribution in [2.45, 2.75) is 0 Å². The van der Waals surface area contributed by atoms with E-state index in [0.29, 0.717) is 0 Å². The van der Waals surface area contributed by atoms with Crippen LogP contribution in [-0.4, -0.2) is 21.2 Å². The molecule has 11 heavy (non-hydrogen) atoms. The van der Waals surface area contributed by atoms with Crippen LogP contribution in [0.4, 0.5) is 0 Å². The first kappa shape index (κ1) is 8.61. The topological polar surface area (TPSA) is 17.1 Å². The first-order valence-corrected chi connectivity index (χ1v) is 6.22. The Morgan fingerprint density at radius 2 is 1.64 bits per heavy atom. The SMILES string of the molecule is Bc1ccc(P(C)(C)=O)cc1. The summed E-state index contributed by atoms with van der Waals surface area (Å²) in [4.78, 5) is 0. The van der Waals surface area contributed by atoms with Crippen molar-refractivity contribution in [3.8, 4) is 0 Å². The number of hydrogen-bond donors (Lipinski definition) is 0. The summed E-state index contributed by atoms with van der Waals surface area (Å²) in [6, 6.07) is 7.87. The molecule has 0 amide bonds. The molecule has 0 atom stereocenters. The first-order chi connectivity index (χ1) is 5.00. The van der Waals surface area contributed by atoms with Gasteiger partial charge in [0.25, 0.3) is 0 Å². The summed E-state index contributed by atoms with van der Waals surface area (Å²) in [6.45, 7) is 3.58. The van der Waals surface area contributed by atoms with Gasteiger partial charge >= 0.3 is 0 Å². The molecule has 0 aliphatic carbocycles. The number of hydrogen-bond acceptors (Lipinski definition) is 1. The molecule has 0 bridgehead atoms. The van der Waals surface area contributed by atoms with Gasteiger partial charge in [-0.25, -0.2) is 0 Å². The molecule has 0 spiro atoms. The van der Waals surface area contributed by atoms with Crippen molar-refractivity contribution in [1.82, 2.24) is 0 Å². The molecular formula is C8H12BOP. The van der Waals surface area contributed by atoms with Crippen LogP contribution in [0.1, 0.15) is 0 Å². The van der Waals surface area contributed by atoms with E-state index >= 15 is 0 Å². The average Bonchev–Trinajstić information content (AvgIpc) is 1.86. The summed E-state index contributed by atoms with van der Waals surface area (Å²) in [5, 5.41) is 0.961. The summed E-state index contributed by atoms with van der Waals surface area (Å²) in [6.07, 6.45) is 0. The predicted octanol–water partition coefficient (Wildman–Crippen LogP) is 0.193. The lowest BCUT2D eigenvalue weighted by Gasteiger charge is -2.05. The Balaban J connectivity index is 3.09. The maximum Gasteiger partial charge on any atom is 0.139 e. The molecule has 0 aliphatic heterocycles. The van der Waals surface area contributed by atoms with Gasteiger partial charge in [0.15, 0.2) is 0 Å². The Bertz CT molecular complexity index is 285. The van der Waals surface area contributed by atoms with Gasteiger partial charge in [-0.3, -0.25) is 0 Å². The van der Waals surface area contributed by atoms with Crippen LogP contribution in [0.25, 0.3) is 0 Å². The van der Waals surface area contributed by atoms with Crippen LogP contribution in [-0.2, 0) is 4.57 Å². The molecule has 1 nitrogen and oxygen atoms in total. The van der Waals surface area contributed by atoms with E-state index in [0.717, 1.165) is 5.30 Å². The van der Waals surface area contributed by atoms with Crippen molar-refractivity contribution in [2.75, 3.05) is 13.3 Å². The molecule has 0 fully saturated rings. The van der Waals surface area contributed by atoms with E-state index < -0.39 is 7.14 Å². The predicted molar refractivity (Wildman–Crippen MR) is 53.7 cm³/mol. The standard InChI is InChI=1S/C8H12BOP/c1-11(2,10)8-5-3-7(9)4-6-8/h3-6H,9H2,1-2H3. The smallest absolute Gasteiger partial charge is 0.139 e. The van der Waals surface area contributed by atoms with Gasteiger partial charge in [-0.15, -0.1) is 0 Å². The molecule has 0 saturated carbocycles. The van der Waals surface area contributed by atoms with E-state index in [1.165, 1.54) is 5.46 Å². The third kappa shape index (κ3) is 2.23. The summed E-state index contributed by atoms with van der Waals surface area (Å²) >= 11 is 0. The molecule has 0 heterocycles. The largest absolute Gasteiger partial charge is 0.319 e. The van der Waals surface area contributed by atoms with Gasteiger partial charge in [0.2, 0.25) is 0 Å². The monoisotopic (exact) mass is 166 g/mol. The first-order valence-electron chi connectivity index (χ1n) is 3.62. The zero-order chi connectivity index (χ0) is 8.48. The number of benzene rings is 1. The maximum absolute atomic E-state index is 11.5. The van der Waals surface area contributed by atoms with Crippen LogP contribution in [0.5, 0.6) is 0 Å². The molecule has 1 rings (SSSR count). The minimum absolute atomic E-state index is 0.961. The van der Waals surface area contributed by atoms with Crippen LogP contribution in [0.3, 0.4) is 0 Å². The molecule has 1 aromatic carbocycles. The van der Waals surface area contributed by atoms with Crippen LogP contribution in [0, 0.1) is 0 Å². The highest BCUT2D eigenvalue weighted by Crippen LogP contribution is 2.33. The van der Waals surface area contributed by atoms with E-state index in [2.05, 4.69) is 0 Å². The van der Waals surface area contributed by atoms with E-state index in [4.69, 9.17) is 0 Å². The van der Waals surface area contributed by atoms with Crippen LogP contribution in [0.15, 0.2) is 24.3 Å². The lowest BCUT2D eigenvalue weighted by molar-refractivity contribution is 0.588. The highest BCUT2D eigenvalue weighted by atomic mass is 31.2. The Hall–Kier alpha value is -0.485. The van der Waals surface area contributed by atoms with Gasteiger partial charge in [-0.1, -0.05) is 29.7 Å². The normalized spacial score (nSPS) is 11.5. The van der Waals surface area contributed by atoms with E-state index in [9.17, 15) is 4.57 Å². The van der Waals surface area contributed by atoms with E-state index in [1.807, 2.05) is 32.1 Å². The highest BCUT2D eigenvalue weighted by molar-refractivity contribution is 7.70. The Morgan fingerprint density at radius 3 is 2.00 bits per heavy atom. The summed E-state index contributed by atoms with van der Waals surface area (Å²) in [5.41, 5.74) is 1.21. The highest BCUT2D eigenvalue weighted by Gasteiger charge is 2.08. The molecule has 3 heteroatoms. The van der Waals surface area contributed by atoms with Crippen LogP contribution >= 0.6 is 7.14 Å². The van der Waals surface area contributed by atoms with Crippen LogP contribution in [0.2, 0.25) is 0 Å². The molecular weight excluding hydrogens is 154 g/mol. The second-order valence-electron chi connectivity index (χ2n) is 3.19. The minimum atomic E-state index is -2.04. The fourth-order valence-corrected chi connectivity index (χ4v) is 1.77. The van der Waals surface area contributed by atoms with E-state index in [1.54, 1.807) is 13.3 Å². The van der Waals surface area contributed by atoms with Crippen molar-refractivity contribution in [3.63, 3.8) is 0 Å². The Morgan fingerprint density at radius 1 is 1.18 bits per heavy atom. The second kappa shape index (κ2) is 2.87. The zero-order valence-electron chi connectivity index (χ0n) is 7.16. The summed E-state index contributed by atoms with van der Waals surface area (Å²) in [7, 11) is -0.0101. The van der Waals surface area contributed by atoms with Crippen molar-refractivity contribution < 1.29 is 4.57 Å². The minimum Gasteiger partial charge on any atom is -0.319 e. The van der Waals surface area contributed by atoms with Crippen molar-refractivity contribution >= 4 is 25.8 Å². The van der Waals surface area contributed by atoms with E-state index in [-0.39, 0.29) is 0 Å². The summed E-state index contributed by atoms with van der Waals surface area (Å²) < 4.78 is 11.5. The average molecular weight is 166 g/mol. The van der Waals surface area contributed by atoms with Gasteiger partial charge in [0, 0.05) is 5.30 Å². The third-order valence-electron chi connectivity index (χ3n) is 1.66. The molecule has 1 aromatic rings. The fourth-order valence-electron chi connectivity index (χ4n) is 0.904. The van der Waals surface area contributed by atoms with Crippen molar-refractivity contribution in [2.24, 2.45) is 0 Å². The Kier molecular flexibility index (Phi) is 2.24. The summed E-state index contributed by atoms with van der Waals surface area (Å²) in [5.74, 6) is 0. The molecule has 0 N–H and O–H groups in total. The number of rotatable bonds is 1. The quantitative estimate of drug-likeness (QED) is 0.430. The van der Waals surface area contributed by atoms with Crippen LogP contribution < -0.4 is 10.8 Å². The third-order valence-corrected chi connectivity index (χ3v) is 3.20. The Labute approximate surface area is 68.6 Å². The fraction of sp³-hybridized carbons (Fsp3) is 0.250. The molecule has 0 unspecified atom stereocenters. The van der Waals surface area contributed by atoms with Gasteiger partial charge in [-0.2, -0.15) is 0 Å². The second-order valence-corrected chi connectivity index (χ2v) is 6.40. The molecule has 0 aliphatic rings. The lowest BCUT2D eigenvalue weighted by atomic mass is 9.97. The molecule has 0 radical (unpaired) electrons. The zero-order valence-corrected chi connectivity index (χ0v) is 8.06. The van der Waals surface area contributed by atoms with Crippen molar-refractivity contribution in [3.05, 3.63) is 24.3 Å². The van der Waals surface area contributed by atoms with Crippen molar-refractivity contribution in [1.29, 1.82) is 0 Å². The van der Waals surface area contributed by atoms with Gasteiger partial charge in [0.05, 0.1) is 0 Å². The molecule has 0 saturated heterocycles. The van der Waals surface area contributed by atoms with Gasteiger partial charge in [0.1, 0.15) is 15.0 Å². The van der Waals surface area contributed by atoms with Gasteiger partial charge in [-0.05, 0) is 13.3 Å². The van der Waals surface area contributed by atoms with Gasteiger partial charge < -0.3 is 4.57 Å².